The minimum Gasteiger partial charge on any atom is -0.308 e. The second-order valence-electron chi connectivity index (χ2n) is 4.14. The summed E-state index contributed by atoms with van der Waals surface area (Å²) in [5.41, 5.74) is 1.81. The molecule has 7 heteroatoms. The van der Waals surface area contributed by atoms with E-state index >= 15 is 0 Å². The molecule has 0 saturated heterocycles. The number of carbonyl (C=O) groups is 1. The van der Waals surface area contributed by atoms with Gasteiger partial charge in [-0.15, -0.1) is 0 Å². The van der Waals surface area contributed by atoms with E-state index in [1.165, 1.54) is 11.8 Å². The quantitative estimate of drug-likeness (QED) is 0.678. The van der Waals surface area contributed by atoms with Crippen LogP contribution in [0.25, 0.3) is 0 Å². The number of rotatable bonds is 4. The van der Waals surface area contributed by atoms with Gasteiger partial charge in [-0.1, -0.05) is 11.8 Å². The molecule has 0 aliphatic heterocycles. The molecule has 0 fully saturated rings. The second-order valence-corrected chi connectivity index (χ2v) is 5.09. The largest absolute Gasteiger partial charge is 0.308 e. The molecule has 0 spiro atoms. The summed E-state index contributed by atoms with van der Waals surface area (Å²) < 4.78 is 1.63. The Bertz CT molecular complexity index is 575. The number of carbonyl (C=O) groups excluding carboxylic acids is 1. The highest BCUT2D eigenvalue weighted by atomic mass is 32.2. The lowest BCUT2D eigenvalue weighted by molar-refractivity contribution is -0.113. The third-order valence-corrected chi connectivity index (χ3v) is 3.12. The Labute approximate surface area is 115 Å². The van der Waals surface area contributed by atoms with Gasteiger partial charge in [-0.2, -0.15) is 5.10 Å². The molecule has 0 aliphatic rings. The molecule has 0 aromatic carbocycles. The van der Waals surface area contributed by atoms with Crippen molar-refractivity contribution < 1.29 is 4.79 Å². The highest BCUT2D eigenvalue weighted by molar-refractivity contribution is 7.99. The first kappa shape index (κ1) is 13.5. The lowest BCUT2D eigenvalue weighted by atomic mass is 10.4. The highest BCUT2D eigenvalue weighted by Crippen LogP contribution is 2.14. The van der Waals surface area contributed by atoms with E-state index in [-0.39, 0.29) is 11.7 Å². The molecule has 0 aliphatic carbocycles. The lowest BCUT2D eigenvalue weighted by Crippen LogP contribution is -2.15. The maximum atomic E-state index is 11.7. The summed E-state index contributed by atoms with van der Waals surface area (Å²) >= 11 is 1.31. The molecule has 0 saturated carbocycles. The standard InChI is InChI=1S/C12H15N5OS/c1-8-6-9(2)14-12(13-8)19-7-11(18)15-10-4-5-17(3)16-10/h4-6H,7H2,1-3H3,(H,15,16,18). The molecule has 6 nitrogen and oxygen atoms in total. The number of hydrogen-bond donors (Lipinski definition) is 1. The van der Waals surface area contributed by atoms with Gasteiger partial charge in [-0.3, -0.25) is 9.48 Å². The molecule has 2 rings (SSSR count). The average molecular weight is 277 g/mol. The Morgan fingerprint density at radius 2 is 2.05 bits per heavy atom. The van der Waals surface area contributed by atoms with Crippen molar-refractivity contribution in [2.24, 2.45) is 7.05 Å². The van der Waals surface area contributed by atoms with Crippen LogP contribution in [-0.2, 0) is 11.8 Å². The van der Waals surface area contributed by atoms with E-state index in [4.69, 9.17) is 0 Å². The van der Waals surface area contributed by atoms with Crippen molar-refractivity contribution in [3.05, 3.63) is 29.7 Å². The summed E-state index contributed by atoms with van der Waals surface area (Å²) in [7, 11) is 1.80. The van der Waals surface area contributed by atoms with Crippen LogP contribution in [0.3, 0.4) is 0 Å². The van der Waals surface area contributed by atoms with Crippen LogP contribution >= 0.6 is 11.8 Å². The average Bonchev–Trinajstić information content (AvgIpc) is 2.71. The minimum atomic E-state index is -0.119. The Balaban J connectivity index is 1.89. The van der Waals surface area contributed by atoms with Gasteiger partial charge in [0.25, 0.3) is 0 Å². The van der Waals surface area contributed by atoms with E-state index in [0.717, 1.165) is 11.4 Å². The number of thioether (sulfide) groups is 1. The molecule has 0 atom stereocenters. The van der Waals surface area contributed by atoms with Gasteiger partial charge in [0, 0.05) is 30.7 Å². The summed E-state index contributed by atoms with van der Waals surface area (Å²) in [4.78, 5) is 20.3. The van der Waals surface area contributed by atoms with E-state index in [9.17, 15) is 4.79 Å². The fourth-order valence-electron chi connectivity index (χ4n) is 1.55. The van der Waals surface area contributed by atoms with Crippen LogP contribution in [-0.4, -0.2) is 31.4 Å². The van der Waals surface area contributed by atoms with Gasteiger partial charge in [0.2, 0.25) is 5.91 Å². The molecule has 2 aromatic rings. The lowest BCUT2D eigenvalue weighted by Gasteiger charge is -2.03. The minimum absolute atomic E-state index is 0.119. The maximum Gasteiger partial charge on any atom is 0.236 e. The molecule has 2 heterocycles. The van der Waals surface area contributed by atoms with E-state index < -0.39 is 0 Å². The smallest absolute Gasteiger partial charge is 0.236 e. The van der Waals surface area contributed by atoms with Crippen molar-refractivity contribution in [2.45, 2.75) is 19.0 Å². The monoisotopic (exact) mass is 277 g/mol. The SMILES string of the molecule is Cc1cc(C)nc(SCC(=O)Nc2ccn(C)n2)n1. The molecular weight excluding hydrogens is 262 g/mol. The van der Waals surface area contributed by atoms with Gasteiger partial charge in [0.05, 0.1) is 5.75 Å². The summed E-state index contributed by atoms with van der Waals surface area (Å²) in [6.45, 7) is 3.82. The van der Waals surface area contributed by atoms with E-state index in [2.05, 4.69) is 20.4 Å². The number of hydrogen-bond acceptors (Lipinski definition) is 5. The van der Waals surface area contributed by atoms with Crippen LogP contribution in [0.4, 0.5) is 5.82 Å². The number of aromatic nitrogens is 4. The molecular formula is C12H15N5OS. The predicted molar refractivity (Wildman–Crippen MR) is 74.1 cm³/mol. The summed E-state index contributed by atoms with van der Waals surface area (Å²) in [6, 6.07) is 3.65. The molecule has 1 N–H and O–H groups in total. The number of amides is 1. The topological polar surface area (TPSA) is 72.7 Å². The highest BCUT2D eigenvalue weighted by Gasteiger charge is 2.07. The van der Waals surface area contributed by atoms with Gasteiger partial charge in [0.15, 0.2) is 11.0 Å². The first-order valence-electron chi connectivity index (χ1n) is 5.77. The molecule has 0 bridgehead atoms. The van der Waals surface area contributed by atoms with Crippen molar-refractivity contribution >= 4 is 23.5 Å². The van der Waals surface area contributed by atoms with Gasteiger partial charge >= 0.3 is 0 Å². The maximum absolute atomic E-state index is 11.7. The van der Waals surface area contributed by atoms with Crippen molar-refractivity contribution in [1.29, 1.82) is 0 Å². The first-order valence-corrected chi connectivity index (χ1v) is 6.76. The fraction of sp³-hybridized carbons (Fsp3) is 0.333. The van der Waals surface area contributed by atoms with Crippen LogP contribution in [0.15, 0.2) is 23.5 Å². The third kappa shape index (κ3) is 4.06. The Kier molecular flexibility index (Phi) is 4.16. The fourth-order valence-corrected chi connectivity index (χ4v) is 2.30. The van der Waals surface area contributed by atoms with Crippen molar-refractivity contribution in [3.63, 3.8) is 0 Å². The number of anilines is 1. The van der Waals surface area contributed by atoms with Crippen LogP contribution in [0.2, 0.25) is 0 Å². The summed E-state index contributed by atoms with van der Waals surface area (Å²) in [6.07, 6.45) is 1.77. The summed E-state index contributed by atoms with van der Waals surface area (Å²) in [5, 5.41) is 7.41. The van der Waals surface area contributed by atoms with Gasteiger partial charge in [-0.05, 0) is 19.9 Å². The number of aryl methyl sites for hydroxylation is 3. The normalized spacial score (nSPS) is 10.5. The van der Waals surface area contributed by atoms with Crippen molar-refractivity contribution in [2.75, 3.05) is 11.1 Å². The Hall–Kier alpha value is -1.89. The predicted octanol–water partition coefficient (Wildman–Crippen LogP) is 1.56. The van der Waals surface area contributed by atoms with Crippen molar-refractivity contribution in [3.8, 4) is 0 Å². The zero-order valence-corrected chi connectivity index (χ0v) is 11.9. The van der Waals surface area contributed by atoms with Gasteiger partial charge < -0.3 is 5.32 Å². The Morgan fingerprint density at radius 1 is 1.37 bits per heavy atom. The van der Waals surface area contributed by atoms with E-state index in [1.54, 1.807) is 24.0 Å². The van der Waals surface area contributed by atoms with Crippen molar-refractivity contribution in [1.82, 2.24) is 19.7 Å². The summed E-state index contributed by atoms with van der Waals surface area (Å²) in [5.74, 6) is 0.695. The van der Waals surface area contributed by atoms with Gasteiger partial charge in [-0.25, -0.2) is 9.97 Å². The molecule has 19 heavy (non-hydrogen) atoms. The molecule has 2 aromatic heterocycles. The zero-order valence-electron chi connectivity index (χ0n) is 11.0. The molecule has 1 amide bonds. The first-order chi connectivity index (χ1) is 9.02. The molecule has 0 radical (unpaired) electrons. The van der Waals surface area contributed by atoms with E-state index in [1.807, 2.05) is 19.9 Å². The van der Waals surface area contributed by atoms with Crippen LogP contribution < -0.4 is 5.32 Å². The second kappa shape index (κ2) is 5.83. The third-order valence-electron chi connectivity index (χ3n) is 2.28. The van der Waals surface area contributed by atoms with Crippen LogP contribution in [0, 0.1) is 13.8 Å². The van der Waals surface area contributed by atoms with Crippen LogP contribution in [0.5, 0.6) is 0 Å². The Morgan fingerprint density at radius 3 is 2.63 bits per heavy atom. The zero-order chi connectivity index (χ0) is 13.8. The van der Waals surface area contributed by atoms with Crippen LogP contribution in [0.1, 0.15) is 11.4 Å². The van der Waals surface area contributed by atoms with E-state index in [0.29, 0.717) is 11.0 Å². The molecule has 0 unspecified atom stereocenters. The molecule has 100 valence electrons. The van der Waals surface area contributed by atoms with Gasteiger partial charge in [0.1, 0.15) is 0 Å². The number of nitrogens with one attached hydrogen (secondary N) is 1. The number of nitrogens with zero attached hydrogens (tertiary/aromatic N) is 4.